The van der Waals surface area contributed by atoms with Gasteiger partial charge in [0.15, 0.2) is 5.78 Å². The second-order valence-corrected chi connectivity index (χ2v) is 21.4. The number of aryl methyl sites for hydroxylation is 2. The van der Waals surface area contributed by atoms with Gasteiger partial charge in [0.1, 0.15) is 19.7 Å². The normalized spacial score (nSPS) is 9.94. The Bertz CT molecular complexity index is 1110. The number of carbonyl (C=O) groups is 1. The zero-order valence-corrected chi connectivity index (χ0v) is 29.5. The Balaban J connectivity index is 0. The van der Waals surface area contributed by atoms with Crippen LogP contribution in [0, 0.1) is 23.1 Å². The molecular formula is C23H30Cl2F2HgO5SSi. The number of hydrogen-bond donors (Lipinski definition) is 2. The molecule has 2 N–H and O–H groups in total. The summed E-state index contributed by atoms with van der Waals surface area (Å²) in [5.74, 6) is 2.52. The van der Waals surface area contributed by atoms with Gasteiger partial charge in [0.2, 0.25) is 0 Å². The van der Waals surface area contributed by atoms with Gasteiger partial charge in [0.25, 0.3) is 0 Å². The van der Waals surface area contributed by atoms with E-state index in [1.54, 1.807) is 12.1 Å². The van der Waals surface area contributed by atoms with Gasteiger partial charge in [-0.2, -0.15) is 8.42 Å². The van der Waals surface area contributed by atoms with E-state index in [0.717, 1.165) is 17.5 Å². The number of halogens is 4. The molecular weight excluding hydrogens is 726 g/mol. The fraction of sp³-hybridized carbons (Fsp3) is 0.348. The minimum atomic E-state index is -4.67. The monoisotopic (exact) mass is 756 g/mol. The quantitative estimate of drug-likeness (QED) is 0.154. The molecule has 0 saturated heterocycles. The summed E-state index contributed by atoms with van der Waals surface area (Å²) < 4.78 is 58.1. The molecule has 2 aromatic rings. The van der Waals surface area contributed by atoms with Gasteiger partial charge in [0, 0.05) is 11.1 Å². The Labute approximate surface area is 227 Å². The van der Waals surface area contributed by atoms with Crippen molar-refractivity contribution >= 4 is 40.8 Å². The number of Topliss-reactive ketones (excluding diaryl/α,β-unsaturated/α-hetero) is 1. The van der Waals surface area contributed by atoms with Gasteiger partial charge in [0.05, 0.1) is 0 Å². The maximum atomic E-state index is 13.4. The van der Waals surface area contributed by atoms with E-state index in [2.05, 4.69) is 31.1 Å². The van der Waals surface area contributed by atoms with Gasteiger partial charge < -0.3 is 0 Å². The number of rotatable bonds is 3. The zero-order valence-electron chi connectivity index (χ0n) is 20.6. The number of ketones is 1. The van der Waals surface area contributed by atoms with E-state index in [0.29, 0.717) is 17.5 Å². The van der Waals surface area contributed by atoms with Crippen LogP contribution in [0.1, 0.15) is 47.8 Å². The molecule has 2 aromatic carbocycles. The van der Waals surface area contributed by atoms with E-state index in [1.165, 1.54) is 19.1 Å². The van der Waals surface area contributed by atoms with Gasteiger partial charge in [-0.25, -0.2) is 8.78 Å². The SMILES string of the molecule is CCc1ccc(C#C[Si](C)(C)C)cc1F.CCc1ccc(C(C)=O)cc1F.O=S(=O)(O)O.[Cl][Hg][Cl]. The average molecular weight is 756 g/mol. The van der Waals surface area contributed by atoms with Crippen molar-refractivity contribution in [1.29, 1.82) is 0 Å². The van der Waals surface area contributed by atoms with Crippen LogP contribution in [-0.2, 0) is 45.3 Å². The van der Waals surface area contributed by atoms with Crippen molar-refractivity contribution < 1.29 is 53.2 Å². The van der Waals surface area contributed by atoms with Crippen LogP contribution in [0.2, 0.25) is 19.6 Å². The second kappa shape index (κ2) is 18.4. The molecule has 0 saturated carbocycles. The van der Waals surface area contributed by atoms with Crippen molar-refractivity contribution in [2.24, 2.45) is 0 Å². The van der Waals surface area contributed by atoms with Gasteiger partial charge in [-0.15, -0.1) is 5.54 Å². The zero-order chi connectivity index (χ0) is 27.8. The molecule has 0 radical (unpaired) electrons. The summed E-state index contributed by atoms with van der Waals surface area (Å²) in [4.78, 5) is 10.8. The summed E-state index contributed by atoms with van der Waals surface area (Å²) in [5, 5.41) is 0. The molecule has 192 valence electrons. The Morgan fingerprint density at radius 3 is 1.69 bits per heavy atom. The first kappa shape index (κ1) is 36.3. The predicted octanol–water partition coefficient (Wildman–Crippen LogP) is 6.93. The first-order valence-corrected chi connectivity index (χ1v) is 28.8. The van der Waals surface area contributed by atoms with Crippen LogP contribution in [0.25, 0.3) is 0 Å². The molecule has 0 aliphatic carbocycles. The standard InChI is InChI=1S/C13H17FSi.C10H11FO.2ClH.Hg.H2O4S/c1-5-12-7-6-11(10-13(12)14)8-9-15(2,3)4;1-3-8-4-5-9(7(2)12)6-10(8)11;;;;1-5(2,3)4/h6-7,10H,5H2,1-4H3;4-6H,3H2,1-2H3;2*1H;;(H2,1,2,3,4)/q;;;;+2;/p-2. The van der Waals surface area contributed by atoms with E-state index < -0.39 is 40.6 Å². The van der Waals surface area contributed by atoms with Crippen molar-refractivity contribution in [3.05, 3.63) is 70.3 Å². The molecule has 0 bridgehead atoms. The summed E-state index contributed by atoms with van der Waals surface area (Å²) in [6, 6.07) is 9.86. The molecule has 0 spiro atoms. The molecule has 0 aromatic heterocycles. The minimum absolute atomic E-state index is 0.100. The van der Waals surface area contributed by atoms with Crippen LogP contribution in [0.4, 0.5) is 8.78 Å². The van der Waals surface area contributed by atoms with E-state index in [1.807, 2.05) is 26.0 Å². The fourth-order valence-corrected chi connectivity index (χ4v) is 2.74. The van der Waals surface area contributed by atoms with Crippen LogP contribution in [0.5, 0.6) is 0 Å². The van der Waals surface area contributed by atoms with Gasteiger partial charge in [-0.3, -0.25) is 13.9 Å². The summed E-state index contributed by atoms with van der Waals surface area (Å²) in [6.07, 6.45) is 1.39. The fourth-order valence-electron chi connectivity index (χ4n) is 2.22. The third-order valence-corrected chi connectivity index (χ3v) is 4.73. The molecule has 5 nitrogen and oxygen atoms in total. The van der Waals surface area contributed by atoms with Gasteiger partial charge >= 0.3 is 49.0 Å². The molecule has 0 aliphatic heterocycles. The molecule has 35 heavy (non-hydrogen) atoms. The topological polar surface area (TPSA) is 91.7 Å². The Hall–Kier alpha value is -0.868. The molecule has 0 aliphatic rings. The van der Waals surface area contributed by atoms with Crippen LogP contribution >= 0.6 is 16.5 Å². The van der Waals surface area contributed by atoms with Crippen molar-refractivity contribution in [2.45, 2.75) is 53.3 Å². The second-order valence-electron chi connectivity index (χ2n) is 7.92. The van der Waals surface area contributed by atoms with E-state index in [9.17, 15) is 13.6 Å². The van der Waals surface area contributed by atoms with Gasteiger partial charge in [-0.05, 0) is 49.1 Å². The van der Waals surface area contributed by atoms with Crippen molar-refractivity contribution in [3.63, 3.8) is 0 Å². The van der Waals surface area contributed by atoms with E-state index >= 15 is 0 Å². The third kappa shape index (κ3) is 21.0. The summed E-state index contributed by atoms with van der Waals surface area (Å²) in [7, 11) is 3.94. The van der Waals surface area contributed by atoms with Crippen LogP contribution in [0.15, 0.2) is 36.4 Å². The molecule has 2 rings (SSSR count). The average Bonchev–Trinajstić information content (AvgIpc) is 2.71. The Morgan fingerprint density at radius 2 is 1.37 bits per heavy atom. The van der Waals surface area contributed by atoms with Crippen LogP contribution in [-0.4, -0.2) is 31.4 Å². The molecule has 0 unspecified atom stereocenters. The number of benzene rings is 2. The first-order chi connectivity index (χ1) is 16.0. The van der Waals surface area contributed by atoms with Crippen molar-refractivity contribution in [2.75, 3.05) is 0 Å². The van der Waals surface area contributed by atoms with E-state index in [-0.39, 0.29) is 17.4 Å². The maximum absolute atomic E-state index is 13.4. The molecule has 0 amide bonds. The Morgan fingerprint density at radius 1 is 0.971 bits per heavy atom. The third-order valence-electron chi connectivity index (χ3n) is 3.86. The first-order valence-electron chi connectivity index (χ1n) is 10.4. The molecule has 0 atom stereocenters. The number of hydrogen-bond acceptors (Lipinski definition) is 3. The van der Waals surface area contributed by atoms with E-state index in [4.69, 9.17) is 34.0 Å². The van der Waals surface area contributed by atoms with Gasteiger partial charge in [-0.1, -0.05) is 57.6 Å². The van der Waals surface area contributed by atoms with Crippen molar-refractivity contribution in [3.8, 4) is 11.5 Å². The Kier molecular flexibility index (Phi) is 19.1. The summed E-state index contributed by atoms with van der Waals surface area (Å²) in [5.41, 5.74) is 5.86. The molecule has 0 fully saturated rings. The predicted molar refractivity (Wildman–Crippen MR) is 138 cm³/mol. The van der Waals surface area contributed by atoms with Crippen LogP contribution < -0.4 is 0 Å². The summed E-state index contributed by atoms with van der Waals surface area (Å²) in [6.45, 7) is 11.8. The van der Waals surface area contributed by atoms with Crippen molar-refractivity contribution in [1.82, 2.24) is 0 Å². The molecule has 12 heteroatoms. The summed E-state index contributed by atoms with van der Waals surface area (Å²) >= 11 is -1.14. The molecule has 0 heterocycles. The van der Waals surface area contributed by atoms with Crippen LogP contribution in [0.3, 0.4) is 0 Å². The number of carbonyl (C=O) groups excluding carboxylic acids is 1.